The van der Waals surface area contributed by atoms with E-state index in [-0.39, 0.29) is 12.1 Å². The maximum Gasteiger partial charge on any atom is 0.306 e. The van der Waals surface area contributed by atoms with Gasteiger partial charge in [-0.3, -0.25) is 4.79 Å². The van der Waals surface area contributed by atoms with Gasteiger partial charge in [-0.2, -0.15) is 0 Å². The second-order valence-corrected chi connectivity index (χ2v) is 5.47. The summed E-state index contributed by atoms with van der Waals surface area (Å²) >= 11 is 0. The van der Waals surface area contributed by atoms with Crippen molar-refractivity contribution in [1.82, 2.24) is 0 Å². The zero-order valence-electron chi connectivity index (χ0n) is 12.4. The Morgan fingerprint density at radius 3 is 2.74 bits per heavy atom. The Morgan fingerprint density at radius 1 is 1.37 bits per heavy atom. The summed E-state index contributed by atoms with van der Waals surface area (Å²) < 4.78 is 5.43. The van der Waals surface area contributed by atoms with Crippen molar-refractivity contribution >= 4 is 5.97 Å². The summed E-state index contributed by atoms with van der Waals surface area (Å²) in [5.41, 5.74) is 2.63. The van der Waals surface area contributed by atoms with Gasteiger partial charge < -0.3 is 4.74 Å². The summed E-state index contributed by atoms with van der Waals surface area (Å²) in [5.74, 6) is 0.272. The zero-order valence-corrected chi connectivity index (χ0v) is 12.4. The molecular formula is C17H26O2. The molecule has 106 valence electrons. The number of cyclic esters (lactones) is 1. The first kappa shape index (κ1) is 15.7. The lowest BCUT2D eigenvalue weighted by atomic mass is 9.92. The van der Waals surface area contributed by atoms with Crippen LogP contribution in [0.2, 0.25) is 0 Å². The summed E-state index contributed by atoms with van der Waals surface area (Å²) in [4.78, 5) is 11.5. The zero-order chi connectivity index (χ0) is 14.3. The molecule has 19 heavy (non-hydrogen) atoms. The molecule has 0 unspecified atom stereocenters. The van der Waals surface area contributed by atoms with E-state index in [1.54, 1.807) is 0 Å². The minimum absolute atomic E-state index is 0.0180. The van der Waals surface area contributed by atoms with Crippen LogP contribution >= 0.6 is 0 Å². The molecule has 2 nitrogen and oxygen atoms in total. The number of hydrogen-bond donors (Lipinski definition) is 0. The fourth-order valence-electron chi connectivity index (χ4n) is 2.52. The molecule has 0 saturated carbocycles. The molecule has 0 amide bonds. The first-order valence-electron chi connectivity index (χ1n) is 7.21. The summed E-state index contributed by atoms with van der Waals surface area (Å²) in [6.45, 7) is 10.1. The summed E-state index contributed by atoms with van der Waals surface area (Å²) in [6.07, 6.45) is 10.8. The Balaban J connectivity index is 2.59. The molecule has 1 fully saturated rings. The van der Waals surface area contributed by atoms with Gasteiger partial charge in [0.15, 0.2) is 0 Å². The Kier molecular flexibility index (Phi) is 6.61. The van der Waals surface area contributed by atoms with Crippen LogP contribution in [0.1, 0.15) is 52.9 Å². The topological polar surface area (TPSA) is 26.3 Å². The number of esters is 1. The molecular weight excluding hydrogens is 236 g/mol. The summed E-state index contributed by atoms with van der Waals surface area (Å²) in [5, 5.41) is 0. The van der Waals surface area contributed by atoms with Crippen LogP contribution in [0.3, 0.4) is 0 Å². The van der Waals surface area contributed by atoms with Crippen molar-refractivity contribution in [2.24, 2.45) is 5.92 Å². The molecule has 0 aromatic heterocycles. The molecule has 1 aliphatic rings. The van der Waals surface area contributed by atoms with E-state index in [2.05, 4.69) is 33.4 Å². The fraction of sp³-hybridized carbons (Fsp3) is 0.588. The van der Waals surface area contributed by atoms with Crippen molar-refractivity contribution in [3.63, 3.8) is 0 Å². The number of allylic oxidation sites excluding steroid dienone is 4. The number of hydrogen-bond acceptors (Lipinski definition) is 2. The smallest absolute Gasteiger partial charge is 0.306 e. The molecule has 0 aromatic rings. The molecule has 1 heterocycles. The fourth-order valence-corrected chi connectivity index (χ4v) is 2.52. The van der Waals surface area contributed by atoms with Crippen LogP contribution in [0.15, 0.2) is 36.0 Å². The van der Waals surface area contributed by atoms with Crippen molar-refractivity contribution < 1.29 is 9.53 Å². The lowest BCUT2D eigenvalue weighted by Crippen LogP contribution is -2.14. The molecule has 2 atom stereocenters. The molecule has 0 spiro atoms. The van der Waals surface area contributed by atoms with Crippen LogP contribution in [-0.4, -0.2) is 12.1 Å². The van der Waals surface area contributed by atoms with Crippen molar-refractivity contribution in [2.45, 2.75) is 59.0 Å². The van der Waals surface area contributed by atoms with E-state index in [1.165, 1.54) is 11.1 Å². The average molecular weight is 262 g/mol. The van der Waals surface area contributed by atoms with E-state index in [0.717, 1.165) is 25.7 Å². The quantitative estimate of drug-likeness (QED) is 0.381. The van der Waals surface area contributed by atoms with Gasteiger partial charge in [0.25, 0.3) is 0 Å². The predicted molar refractivity (Wildman–Crippen MR) is 79.8 cm³/mol. The minimum atomic E-state index is -0.0547. The average Bonchev–Trinajstić information content (AvgIpc) is 2.67. The molecule has 0 aromatic carbocycles. The number of carbonyl (C=O) groups is 1. The highest BCUT2D eigenvalue weighted by Gasteiger charge is 2.32. The van der Waals surface area contributed by atoms with E-state index in [9.17, 15) is 4.79 Å². The van der Waals surface area contributed by atoms with E-state index < -0.39 is 0 Å². The van der Waals surface area contributed by atoms with Gasteiger partial charge in [-0.1, -0.05) is 43.2 Å². The maximum atomic E-state index is 11.5. The van der Waals surface area contributed by atoms with Crippen LogP contribution in [0.5, 0.6) is 0 Å². The SMILES string of the molecule is C=C/C=C(\C)CC[C@H]1CC(=O)O[C@@H]1/C=C(\C)CCC. The van der Waals surface area contributed by atoms with Gasteiger partial charge >= 0.3 is 5.97 Å². The molecule has 0 aliphatic carbocycles. The first-order chi connectivity index (χ1) is 9.06. The van der Waals surface area contributed by atoms with Crippen LogP contribution in [-0.2, 0) is 9.53 Å². The Bertz CT molecular complexity index is 377. The Labute approximate surface area is 117 Å². The molecule has 0 bridgehead atoms. The first-order valence-corrected chi connectivity index (χ1v) is 7.21. The van der Waals surface area contributed by atoms with Crippen LogP contribution in [0.25, 0.3) is 0 Å². The van der Waals surface area contributed by atoms with Crippen molar-refractivity contribution in [3.8, 4) is 0 Å². The summed E-state index contributed by atoms with van der Waals surface area (Å²) in [6, 6.07) is 0. The Morgan fingerprint density at radius 2 is 2.11 bits per heavy atom. The second-order valence-electron chi connectivity index (χ2n) is 5.47. The highest BCUT2D eigenvalue weighted by atomic mass is 16.5. The third-order valence-corrected chi connectivity index (χ3v) is 3.57. The predicted octanol–water partition coefficient (Wildman–Crippen LogP) is 4.58. The molecule has 0 radical (unpaired) electrons. The number of ether oxygens (including phenoxy) is 1. The van der Waals surface area contributed by atoms with Crippen molar-refractivity contribution in [3.05, 3.63) is 36.0 Å². The highest BCUT2D eigenvalue weighted by molar-refractivity contribution is 5.72. The third-order valence-electron chi connectivity index (χ3n) is 3.57. The van der Waals surface area contributed by atoms with Crippen LogP contribution in [0, 0.1) is 5.92 Å². The number of rotatable bonds is 7. The van der Waals surface area contributed by atoms with E-state index >= 15 is 0 Å². The number of carbonyl (C=O) groups excluding carboxylic acids is 1. The van der Waals surface area contributed by atoms with Gasteiger partial charge in [-0.25, -0.2) is 0 Å². The van der Waals surface area contributed by atoms with E-state index in [1.807, 2.05) is 12.2 Å². The van der Waals surface area contributed by atoms with Crippen molar-refractivity contribution in [2.75, 3.05) is 0 Å². The molecule has 0 N–H and O–H groups in total. The van der Waals surface area contributed by atoms with Gasteiger partial charge in [-0.15, -0.1) is 0 Å². The van der Waals surface area contributed by atoms with Gasteiger partial charge in [0.05, 0.1) is 6.42 Å². The van der Waals surface area contributed by atoms with E-state index in [4.69, 9.17) is 4.74 Å². The molecule has 2 heteroatoms. The normalized spacial score (nSPS) is 24.5. The summed E-state index contributed by atoms with van der Waals surface area (Å²) in [7, 11) is 0. The van der Waals surface area contributed by atoms with Crippen LogP contribution < -0.4 is 0 Å². The standard InChI is InChI=1S/C17H26O2/c1-5-7-13(3)9-10-15-12-17(18)19-16(15)11-14(4)8-6-2/h5,7,11,15-16H,1,6,8-10,12H2,2-4H3/b13-7+,14-11+/t15-,16+/m0/s1. The van der Waals surface area contributed by atoms with Gasteiger partial charge in [0.1, 0.15) is 6.10 Å². The molecule has 1 aliphatic heterocycles. The van der Waals surface area contributed by atoms with Crippen LogP contribution in [0.4, 0.5) is 0 Å². The second kappa shape index (κ2) is 7.98. The lowest BCUT2D eigenvalue weighted by molar-refractivity contribution is -0.140. The lowest BCUT2D eigenvalue weighted by Gasteiger charge is -2.15. The van der Waals surface area contributed by atoms with Gasteiger partial charge in [-0.05, 0) is 39.2 Å². The monoisotopic (exact) mass is 262 g/mol. The third kappa shape index (κ3) is 5.46. The van der Waals surface area contributed by atoms with E-state index in [0.29, 0.717) is 12.3 Å². The van der Waals surface area contributed by atoms with Crippen molar-refractivity contribution in [1.29, 1.82) is 0 Å². The highest BCUT2D eigenvalue weighted by Crippen LogP contribution is 2.29. The Hall–Kier alpha value is -1.31. The largest absolute Gasteiger partial charge is 0.458 e. The minimum Gasteiger partial charge on any atom is -0.458 e. The molecule has 1 saturated heterocycles. The van der Waals surface area contributed by atoms with Gasteiger partial charge in [0, 0.05) is 5.92 Å². The maximum absolute atomic E-state index is 11.5. The van der Waals surface area contributed by atoms with Gasteiger partial charge in [0.2, 0.25) is 0 Å². The molecule has 1 rings (SSSR count).